The van der Waals surface area contributed by atoms with Crippen molar-refractivity contribution in [3.63, 3.8) is 0 Å². The van der Waals surface area contributed by atoms with Crippen LogP contribution in [0, 0.1) is 0 Å². The van der Waals surface area contributed by atoms with Crippen molar-refractivity contribution in [2.45, 2.75) is 13.0 Å². The van der Waals surface area contributed by atoms with E-state index in [9.17, 15) is 14.7 Å². The van der Waals surface area contributed by atoms with E-state index in [0.29, 0.717) is 11.2 Å². The lowest BCUT2D eigenvalue weighted by Gasteiger charge is -2.08. The molecular weight excluding hydrogens is 322 g/mol. The van der Waals surface area contributed by atoms with Gasteiger partial charge in [0.15, 0.2) is 0 Å². The van der Waals surface area contributed by atoms with Gasteiger partial charge in [-0.15, -0.1) is 0 Å². The highest BCUT2D eigenvalue weighted by atomic mass is 16.5. The van der Waals surface area contributed by atoms with E-state index in [1.54, 1.807) is 13.0 Å². The second-order valence-corrected chi connectivity index (χ2v) is 5.49. The molecule has 3 rings (SSSR count). The highest BCUT2D eigenvalue weighted by Gasteiger charge is 2.17. The number of nitrogens with one attached hydrogen (secondary N) is 2. The molecule has 25 heavy (non-hydrogen) atoms. The molecule has 0 fully saturated rings. The van der Waals surface area contributed by atoms with Crippen molar-refractivity contribution < 1.29 is 19.4 Å². The number of aliphatic hydroxyl groups is 1. The quantitative estimate of drug-likeness (QED) is 0.499. The van der Waals surface area contributed by atoms with Crippen LogP contribution in [0.15, 0.2) is 42.6 Å². The van der Waals surface area contributed by atoms with Crippen LogP contribution in [-0.2, 0) is 9.53 Å². The van der Waals surface area contributed by atoms with Gasteiger partial charge in [0.05, 0.1) is 24.4 Å². The number of carbonyl (C=O) groups is 2. The molecule has 0 bridgehead atoms. The van der Waals surface area contributed by atoms with Gasteiger partial charge >= 0.3 is 5.97 Å². The van der Waals surface area contributed by atoms with Gasteiger partial charge in [0.25, 0.3) is 5.91 Å². The molecule has 0 aliphatic rings. The maximum atomic E-state index is 12.3. The fraction of sp³-hybridized carbons (Fsp3) is 0.167. The zero-order chi connectivity index (χ0) is 18.0. The number of aromatic amines is 1. The molecule has 3 aromatic rings. The third kappa shape index (κ3) is 3.22. The van der Waals surface area contributed by atoms with E-state index in [2.05, 4.69) is 20.0 Å². The van der Waals surface area contributed by atoms with E-state index in [0.717, 1.165) is 22.4 Å². The molecule has 0 saturated carbocycles. The Morgan fingerprint density at radius 1 is 1.32 bits per heavy atom. The van der Waals surface area contributed by atoms with E-state index in [1.165, 1.54) is 13.3 Å². The number of benzene rings is 1. The largest absolute Gasteiger partial charge is 0.466 e. The Bertz CT molecular complexity index is 989. The number of fused-ring (bicyclic) bond motifs is 3. The number of methoxy groups -OCH3 is 1. The normalized spacial score (nSPS) is 12.6. The van der Waals surface area contributed by atoms with Crippen LogP contribution in [-0.4, -0.2) is 34.1 Å². The SMILES string of the molecule is COC(=O)/C=C\NC(=O)c1cc2c([nH]c3ccccc32)c([C@H](C)O)n1. The van der Waals surface area contributed by atoms with Crippen LogP contribution >= 0.6 is 0 Å². The van der Waals surface area contributed by atoms with Gasteiger partial charge in [0, 0.05) is 28.6 Å². The van der Waals surface area contributed by atoms with Crippen LogP contribution in [0.5, 0.6) is 0 Å². The van der Waals surface area contributed by atoms with Gasteiger partial charge in [0.1, 0.15) is 5.69 Å². The molecule has 128 valence electrons. The van der Waals surface area contributed by atoms with E-state index < -0.39 is 18.0 Å². The number of H-pyrrole nitrogens is 1. The van der Waals surface area contributed by atoms with Crippen LogP contribution in [0.1, 0.15) is 29.2 Å². The average molecular weight is 339 g/mol. The third-order valence-corrected chi connectivity index (χ3v) is 3.79. The minimum Gasteiger partial charge on any atom is -0.466 e. The van der Waals surface area contributed by atoms with Gasteiger partial charge in [-0.3, -0.25) is 4.79 Å². The number of pyridine rings is 1. The standard InChI is InChI=1S/C18H17N3O4/c1-10(22)16-17-12(11-5-3-4-6-13(11)20-17)9-14(21-16)18(24)19-8-7-15(23)25-2/h3-10,20,22H,1-2H3,(H,19,24)/b8-7-/t10-/m0/s1. The zero-order valence-corrected chi connectivity index (χ0v) is 13.7. The zero-order valence-electron chi connectivity index (χ0n) is 13.7. The van der Waals surface area contributed by atoms with E-state index >= 15 is 0 Å². The van der Waals surface area contributed by atoms with Gasteiger partial charge in [0.2, 0.25) is 0 Å². The highest BCUT2D eigenvalue weighted by molar-refractivity contribution is 6.10. The highest BCUT2D eigenvalue weighted by Crippen LogP contribution is 2.30. The Labute approximate surface area is 143 Å². The first-order valence-electron chi connectivity index (χ1n) is 7.66. The average Bonchev–Trinajstić information content (AvgIpc) is 2.99. The Morgan fingerprint density at radius 2 is 2.08 bits per heavy atom. The lowest BCUT2D eigenvalue weighted by Crippen LogP contribution is -2.20. The van der Waals surface area contributed by atoms with Crippen molar-refractivity contribution in [3.8, 4) is 0 Å². The maximum Gasteiger partial charge on any atom is 0.331 e. The van der Waals surface area contributed by atoms with Gasteiger partial charge < -0.3 is 20.1 Å². The summed E-state index contributed by atoms with van der Waals surface area (Å²) in [5.41, 5.74) is 2.11. The summed E-state index contributed by atoms with van der Waals surface area (Å²) in [4.78, 5) is 30.9. The van der Waals surface area contributed by atoms with Crippen LogP contribution in [0.25, 0.3) is 21.8 Å². The minimum atomic E-state index is -0.853. The predicted octanol–water partition coefficient (Wildman–Crippen LogP) is 2.19. The molecule has 2 aromatic heterocycles. The molecule has 0 spiro atoms. The van der Waals surface area contributed by atoms with Crippen LogP contribution in [0.4, 0.5) is 0 Å². The molecule has 1 amide bonds. The molecular formula is C18H17N3O4. The summed E-state index contributed by atoms with van der Waals surface area (Å²) in [7, 11) is 1.25. The van der Waals surface area contributed by atoms with Crippen LogP contribution in [0.3, 0.4) is 0 Å². The maximum absolute atomic E-state index is 12.3. The summed E-state index contributed by atoms with van der Waals surface area (Å²) >= 11 is 0. The summed E-state index contributed by atoms with van der Waals surface area (Å²) in [6, 6.07) is 9.30. The molecule has 0 aliphatic carbocycles. The van der Waals surface area contributed by atoms with Crippen LogP contribution < -0.4 is 5.32 Å². The Kier molecular flexibility index (Phi) is 4.49. The van der Waals surface area contributed by atoms with Crippen LogP contribution in [0.2, 0.25) is 0 Å². The molecule has 3 N–H and O–H groups in total. The number of para-hydroxylation sites is 1. The monoisotopic (exact) mass is 339 g/mol. The van der Waals surface area contributed by atoms with Crippen molar-refractivity contribution in [2.24, 2.45) is 0 Å². The van der Waals surface area contributed by atoms with Gasteiger partial charge in [-0.2, -0.15) is 0 Å². The number of aliphatic hydroxyl groups excluding tert-OH is 1. The summed E-state index contributed by atoms with van der Waals surface area (Å²) in [6.07, 6.45) is 1.43. The number of esters is 1. The third-order valence-electron chi connectivity index (χ3n) is 3.79. The number of hydrogen-bond donors (Lipinski definition) is 3. The van der Waals surface area contributed by atoms with Gasteiger partial charge in [-0.25, -0.2) is 9.78 Å². The van der Waals surface area contributed by atoms with Gasteiger partial charge in [-0.1, -0.05) is 18.2 Å². The van der Waals surface area contributed by atoms with Gasteiger partial charge in [-0.05, 0) is 19.1 Å². The molecule has 2 heterocycles. The van der Waals surface area contributed by atoms with Crippen molar-refractivity contribution >= 4 is 33.7 Å². The number of ether oxygens (including phenoxy) is 1. The van der Waals surface area contributed by atoms with Crippen molar-refractivity contribution in [1.29, 1.82) is 0 Å². The predicted molar refractivity (Wildman–Crippen MR) is 92.9 cm³/mol. The topological polar surface area (TPSA) is 104 Å². The van der Waals surface area contributed by atoms with E-state index in [4.69, 9.17) is 0 Å². The van der Waals surface area contributed by atoms with Crippen molar-refractivity contribution in [2.75, 3.05) is 7.11 Å². The summed E-state index contributed by atoms with van der Waals surface area (Å²) in [6.45, 7) is 1.59. The van der Waals surface area contributed by atoms with Crippen molar-refractivity contribution in [3.05, 3.63) is 54.0 Å². The van der Waals surface area contributed by atoms with Crippen molar-refractivity contribution in [1.82, 2.24) is 15.3 Å². The Morgan fingerprint density at radius 3 is 2.80 bits per heavy atom. The number of aromatic nitrogens is 2. The lowest BCUT2D eigenvalue weighted by atomic mass is 10.1. The fourth-order valence-corrected chi connectivity index (χ4v) is 2.62. The minimum absolute atomic E-state index is 0.141. The lowest BCUT2D eigenvalue weighted by molar-refractivity contribution is -0.134. The number of amides is 1. The molecule has 0 saturated heterocycles. The second kappa shape index (κ2) is 6.74. The van der Waals surface area contributed by atoms with E-state index in [-0.39, 0.29) is 5.69 Å². The molecule has 0 radical (unpaired) electrons. The molecule has 7 heteroatoms. The summed E-state index contributed by atoms with van der Waals surface area (Å²) < 4.78 is 4.45. The number of nitrogens with zero attached hydrogens (tertiary/aromatic N) is 1. The Balaban J connectivity index is 2.06. The summed E-state index contributed by atoms with van der Waals surface area (Å²) in [5, 5.41) is 14.2. The molecule has 1 aromatic carbocycles. The first-order chi connectivity index (χ1) is 12.0. The molecule has 0 aliphatic heterocycles. The first kappa shape index (κ1) is 16.7. The number of carbonyl (C=O) groups excluding carboxylic acids is 2. The second-order valence-electron chi connectivity index (χ2n) is 5.49. The molecule has 1 atom stereocenters. The first-order valence-corrected chi connectivity index (χ1v) is 7.66. The molecule has 7 nitrogen and oxygen atoms in total. The molecule has 0 unspecified atom stereocenters. The van der Waals surface area contributed by atoms with E-state index in [1.807, 2.05) is 24.3 Å². The fourth-order valence-electron chi connectivity index (χ4n) is 2.62. The Hall–Kier alpha value is -3.19. The number of hydrogen-bond acceptors (Lipinski definition) is 5. The smallest absolute Gasteiger partial charge is 0.331 e. The number of rotatable bonds is 4. The summed E-state index contributed by atoms with van der Waals surface area (Å²) in [5.74, 6) is -1.07.